The fourth-order valence-corrected chi connectivity index (χ4v) is 6.06. The maximum absolute atomic E-state index is 5.56. The highest BCUT2D eigenvalue weighted by atomic mass is 32.2. The Balaban J connectivity index is 1.77. The van der Waals surface area contributed by atoms with E-state index in [1.807, 2.05) is 0 Å². The second-order valence-electron chi connectivity index (χ2n) is 6.77. The lowest BCUT2D eigenvalue weighted by Gasteiger charge is -2.31. The Labute approximate surface area is 161 Å². The Morgan fingerprint density at radius 2 is 1.96 bits per heavy atom. The van der Waals surface area contributed by atoms with Crippen LogP contribution >= 0.6 is 23.1 Å². The van der Waals surface area contributed by atoms with Gasteiger partial charge in [0, 0.05) is 18.5 Å². The zero-order chi connectivity index (χ0) is 17.5. The average molecular weight is 387 g/mol. The van der Waals surface area contributed by atoms with Gasteiger partial charge in [-0.3, -0.25) is 0 Å². The van der Waals surface area contributed by atoms with Crippen LogP contribution in [0.4, 0.5) is 5.82 Å². The number of aromatic nitrogens is 3. The number of pyridine rings is 1. The molecule has 1 saturated heterocycles. The Morgan fingerprint density at radius 3 is 2.77 bits per heavy atom. The van der Waals surface area contributed by atoms with E-state index in [2.05, 4.69) is 21.8 Å². The van der Waals surface area contributed by atoms with Crippen molar-refractivity contribution >= 4 is 49.3 Å². The summed E-state index contributed by atoms with van der Waals surface area (Å²) in [7, 11) is 0. The van der Waals surface area contributed by atoms with Crippen LogP contribution in [-0.2, 0) is 17.6 Å². The van der Waals surface area contributed by atoms with Crippen molar-refractivity contribution in [3.05, 3.63) is 17.5 Å². The normalized spacial score (nSPS) is 17.8. The molecule has 0 amide bonds. The molecule has 26 heavy (non-hydrogen) atoms. The highest BCUT2D eigenvalue weighted by Gasteiger charge is 2.26. The van der Waals surface area contributed by atoms with Gasteiger partial charge in [-0.2, -0.15) is 0 Å². The molecule has 5 rings (SSSR count). The van der Waals surface area contributed by atoms with Gasteiger partial charge in [0.15, 0.2) is 0 Å². The van der Waals surface area contributed by atoms with Gasteiger partial charge >= 0.3 is 0 Å². The molecule has 2 aliphatic rings. The Bertz CT molecular complexity index is 965. The zero-order valence-corrected chi connectivity index (χ0v) is 16.6. The first kappa shape index (κ1) is 16.7. The number of anilines is 1. The monoisotopic (exact) mass is 386 g/mol. The number of ether oxygens (including phenoxy) is 1. The number of rotatable bonds is 3. The van der Waals surface area contributed by atoms with Crippen LogP contribution in [0.5, 0.6) is 0 Å². The number of hydrogen-bond acceptors (Lipinski definition) is 7. The van der Waals surface area contributed by atoms with Gasteiger partial charge in [-0.25, -0.2) is 15.0 Å². The molecule has 5 nitrogen and oxygen atoms in total. The minimum Gasteiger partial charge on any atom is -0.378 e. The molecule has 136 valence electrons. The van der Waals surface area contributed by atoms with Gasteiger partial charge in [0.2, 0.25) is 0 Å². The second-order valence-corrected chi connectivity index (χ2v) is 9.02. The number of thioether (sulfide) groups is 1. The van der Waals surface area contributed by atoms with Gasteiger partial charge in [-0.15, -0.1) is 23.1 Å². The molecule has 3 aromatic heterocycles. The molecule has 0 radical (unpaired) electrons. The first-order valence-electron chi connectivity index (χ1n) is 9.41. The number of hydrogen-bond donors (Lipinski definition) is 0. The summed E-state index contributed by atoms with van der Waals surface area (Å²) in [5.74, 6) is 2.21. The molecular formula is C19H22N4OS2. The maximum atomic E-state index is 5.56. The average Bonchev–Trinajstić information content (AvgIpc) is 3.08. The lowest BCUT2D eigenvalue weighted by molar-refractivity contribution is 0.122. The summed E-state index contributed by atoms with van der Waals surface area (Å²) >= 11 is 3.56. The summed E-state index contributed by atoms with van der Waals surface area (Å²) in [5, 5.41) is 2.38. The third-order valence-corrected chi connectivity index (χ3v) is 7.34. The molecule has 0 N–H and O–H groups in total. The van der Waals surface area contributed by atoms with E-state index in [1.54, 1.807) is 29.4 Å². The minimum absolute atomic E-state index is 0.795. The summed E-state index contributed by atoms with van der Waals surface area (Å²) in [5.41, 5.74) is 4.05. The molecule has 0 atom stereocenters. The van der Waals surface area contributed by atoms with Crippen LogP contribution in [0.15, 0.2) is 11.4 Å². The highest BCUT2D eigenvalue weighted by Crippen LogP contribution is 2.43. The molecule has 1 fully saturated rings. The van der Waals surface area contributed by atoms with Crippen molar-refractivity contribution in [2.45, 2.75) is 37.6 Å². The van der Waals surface area contributed by atoms with E-state index in [9.17, 15) is 0 Å². The summed E-state index contributed by atoms with van der Waals surface area (Å²) < 4.78 is 6.76. The number of aryl methyl sites for hydroxylation is 1. The maximum Gasteiger partial charge on any atom is 0.133 e. The molecule has 0 spiro atoms. The molecule has 7 heteroatoms. The van der Waals surface area contributed by atoms with Crippen molar-refractivity contribution in [1.82, 2.24) is 15.0 Å². The van der Waals surface area contributed by atoms with Crippen molar-refractivity contribution in [2.75, 3.05) is 37.0 Å². The fourth-order valence-electron chi connectivity index (χ4n) is 4.10. The van der Waals surface area contributed by atoms with Crippen LogP contribution < -0.4 is 4.90 Å². The van der Waals surface area contributed by atoms with Crippen LogP contribution in [0.25, 0.3) is 20.4 Å². The molecule has 1 aliphatic carbocycles. The van der Waals surface area contributed by atoms with Crippen molar-refractivity contribution in [1.29, 1.82) is 0 Å². The van der Waals surface area contributed by atoms with E-state index >= 15 is 0 Å². The van der Waals surface area contributed by atoms with Crippen LogP contribution in [-0.4, -0.2) is 47.0 Å². The quantitative estimate of drug-likeness (QED) is 0.500. The zero-order valence-electron chi connectivity index (χ0n) is 15.0. The molecule has 0 bridgehead atoms. The van der Waals surface area contributed by atoms with Gasteiger partial charge in [0.1, 0.15) is 22.0 Å². The van der Waals surface area contributed by atoms with E-state index in [0.29, 0.717) is 0 Å². The van der Waals surface area contributed by atoms with Crippen LogP contribution in [0.1, 0.15) is 30.9 Å². The van der Waals surface area contributed by atoms with Crippen molar-refractivity contribution in [3.8, 4) is 0 Å². The van der Waals surface area contributed by atoms with E-state index in [-0.39, 0.29) is 0 Å². The predicted octanol–water partition coefficient (Wildman–Crippen LogP) is 4.07. The third-order valence-electron chi connectivity index (χ3n) is 5.26. The number of morpholine rings is 1. The number of fused-ring (bicyclic) bond motifs is 5. The third kappa shape index (κ3) is 2.68. The van der Waals surface area contributed by atoms with Crippen molar-refractivity contribution < 1.29 is 4.74 Å². The van der Waals surface area contributed by atoms with Gasteiger partial charge in [-0.05, 0) is 42.6 Å². The van der Waals surface area contributed by atoms with Crippen LogP contribution in [0.2, 0.25) is 0 Å². The molecule has 3 aromatic rings. The minimum atomic E-state index is 0.795. The van der Waals surface area contributed by atoms with Gasteiger partial charge in [-0.1, -0.05) is 6.92 Å². The Morgan fingerprint density at radius 1 is 1.15 bits per heavy atom. The fraction of sp³-hybridized carbons (Fsp3) is 0.526. The lowest BCUT2D eigenvalue weighted by Crippen LogP contribution is -2.37. The van der Waals surface area contributed by atoms with Crippen LogP contribution in [0.3, 0.4) is 0 Å². The molecule has 0 saturated carbocycles. The molecule has 4 heterocycles. The van der Waals surface area contributed by atoms with Gasteiger partial charge in [0.25, 0.3) is 0 Å². The highest BCUT2D eigenvalue weighted by molar-refractivity contribution is 7.99. The smallest absolute Gasteiger partial charge is 0.133 e. The predicted molar refractivity (Wildman–Crippen MR) is 109 cm³/mol. The van der Waals surface area contributed by atoms with Gasteiger partial charge in [0.05, 0.1) is 23.4 Å². The molecule has 0 unspecified atom stereocenters. The van der Waals surface area contributed by atoms with Crippen LogP contribution in [0, 0.1) is 0 Å². The SMILES string of the molecule is CCSc1ncnc2c1sc1nc(N3CCOCC3)c3c(c12)CCCC3. The number of thiophene rings is 1. The Hall–Kier alpha value is -1.44. The second kappa shape index (κ2) is 6.94. The van der Waals surface area contributed by atoms with Crippen molar-refractivity contribution in [2.24, 2.45) is 0 Å². The largest absolute Gasteiger partial charge is 0.378 e. The van der Waals surface area contributed by atoms with E-state index in [1.165, 1.54) is 39.9 Å². The standard InChI is InChI=1S/C19H22N4OS2/c1-2-25-19-16-15(20-11-21-19)14-12-5-3-4-6-13(12)17(22-18(14)26-16)23-7-9-24-10-8-23/h11H,2-10H2,1H3. The number of nitrogens with zero attached hydrogens (tertiary/aromatic N) is 4. The summed E-state index contributed by atoms with van der Waals surface area (Å²) in [6, 6.07) is 0. The molecular weight excluding hydrogens is 364 g/mol. The first-order valence-corrected chi connectivity index (χ1v) is 11.2. The van der Waals surface area contributed by atoms with E-state index in [0.717, 1.165) is 60.3 Å². The summed E-state index contributed by atoms with van der Waals surface area (Å²) in [4.78, 5) is 17.9. The topological polar surface area (TPSA) is 51.1 Å². The molecule has 1 aliphatic heterocycles. The summed E-state index contributed by atoms with van der Waals surface area (Å²) in [6.45, 7) is 5.63. The lowest BCUT2D eigenvalue weighted by atomic mass is 9.90. The van der Waals surface area contributed by atoms with Gasteiger partial charge < -0.3 is 9.64 Å². The van der Waals surface area contributed by atoms with E-state index < -0.39 is 0 Å². The summed E-state index contributed by atoms with van der Waals surface area (Å²) in [6.07, 6.45) is 6.50. The first-order chi connectivity index (χ1) is 12.9. The van der Waals surface area contributed by atoms with Crippen molar-refractivity contribution in [3.63, 3.8) is 0 Å². The van der Waals surface area contributed by atoms with E-state index in [4.69, 9.17) is 9.72 Å². The Kier molecular flexibility index (Phi) is 4.46. The molecule has 0 aromatic carbocycles.